The molecule has 1 fully saturated rings. The molecule has 0 bridgehead atoms. The van der Waals surface area contributed by atoms with Crippen LogP contribution in [0.3, 0.4) is 0 Å². The standard InChI is InChI=1S/C22H25Cl2N5O2S/c1-13-16(14(2)29-20(26-13)27-21(28-29)32-3)11-19(30)25-12-22(6-8-31-9-7-22)17-5-4-15(23)10-18(17)24/h4-5,10H,6-9,11-12H2,1-3H3,(H,25,30). The number of nitrogens with one attached hydrogen (secondary N) is 1. The Kier molecular flexibility index (Phi) is 6.95. The van der Waals surface area contributed by atoms with Crippen LogP contribution in [-0.2, 0) is 21.4 Å². The first-order valence-electron chi connectivity index (χ1n) is 10.4. The third-order valence-electron chi connectivity index (χ3n) is 6.13. The summed E-state index contributed by atoms with van der Waals surface area (Å²) < 4.78 is 7.29. The molecule has 0 radical (unpaired) electrons. The molecule has 0 unspecified atom stereocenters. The molecule has 1 aromatic carbocycles. The molecule has 0 spiro atoms. The Morgan fingerprint density at radius 2 is 2.00 bits per heavy atom. The van der Waals surface area contributed by atoms with E-state index in [0.717, 1.165) is 35.4 Å². The zero-order valence-electron chi connectivity index (χ0n) is 18.2. The maximum atomic E-state index is 13.0. The molecule has 0 atom stereocenters. The Bertz CT molecular complexity index is 1160. The summed E-state index contributed by atoms with van der Waals surface area (Å²) in [5, 5.41) is 9.47. The van der Waals surface area contributed by atoms with Gasteiger partial charge >= 0.3 is 0 Å². The Balaban J connectivity index is 1.54. The summed E-state index contributed by atoms with van der Waals surface area (Å²) >= 11 is 14.1. The van der Waals surface area contributed by atoms with Gasteiger partial charge in [-0.25, -0.2) is 9.50 Å². The summed E-state index contributed by atoms with van der Waals surface area (Å²) in [5.74, 6) is 0.477. The molecule has 1 amide bonds. The minimum absolute atomic E-state index is 0.0708. The van der Waals surface area contributed by atoms with Gasteiger partial charge < -0.3 is 10.1 Å². The van der Waals surface area contributed by atoms with E-state index < -0.39 is 0 Å². The van der Waals surface area contributed by atoms with E-state index in [1.165, 1.54) is 11.8 Å². The average Bonchev–Trinajstić information content (AvgIpc) is 3.19. The SMILES string of the molecule is CSc1nc2nc(C)c(CC(=O)NCC3(c4ccc(Cl)cc4Cl)CCOCC3)c(C)n2n1. The summed E-state index contributed by atoms with van der Waals surface area (Å²) in [4.78, 5) is 21.9. The average molecular weight is 494 g/mol. The van der Waals surface area contributed by atoms with E-state index in [9.17, 15) is 4.79 Å². The molecule has 7 nitrogen and oxygen atoms in total. The van der Waals surface area contributed by atoms with Crippen LogP contribution in [0.1, 0.15) is 35.4 Å². The van der Waals surface area contributed by atoms with Crippen LogP contribution in [0.15, 0.2) is 23.4 Å². The first-order chi connectivity index (χ1) is 15.3. The normalized spacial score (nSPS) is 15.8. The number of carbonyl (C=O) groups excluding carboxylic acids is 1. The van der Waals surface area contributed by atoms with Gasteiger partial charge in [0, 0.05) is 52.2 Å². The van der Waals surface area contributed by atoms with Crippen molar-refractivity contribution in [2.75, 3.05) is 26.0 Å². The van der Waals surface area contributed by atoms with Gasteiger partial charge in [0.1, 0.15) is 0 Å². The summed E-state index contributed by atoms with van der Waals surface area (Å²) in [6.07, 6.45) is 3.69. The molecule has 0 saturated carbocycles. The predicted octanol–water partition coefficient (Wildman–Crippen LogP) is 4.18. The topological polar surface area (TPSA) is 81.4 Å². The number of amides is 1. The van der Waals surface area contributed by atoms with Gasteiger partial charge in [-0.05, 0) is 50.6 Å². The highest BCUT2D eigenvalue weighted by Crippen LogP contribution is 2.39. The van der Waals surface area contributed by atoms with E-state index in [4.69, 9.17) is 27.9 Å². The van der Waals surface area contributed by atoms with Crippen LogP contribution >= 0.6 is 35.0 Å². The fraction of sp³-hybridized carbons (Fsp3) is 0.455. The molecule has 2 aromatic heterocycles. The number of thioether (sulfide) groups is 1. The Hall–Kier alpha value is -1.87. The number of hydrogen-bond donors (Lipinski definition) is 1. The first-order valence-corrected chi connectivity index (χ1v) is 12.4. The fourth-order valence-corrected chi connectivity index (χ4v) is 5.19. The van der Waals surface area contributed by atoms with Gasteiger partial charge in [-0.15, -0.1) is 5.10 Å². The lowest BCUT2D eigenvalue weighted by atomic mass is 9.74. The van der Waals surface area contributed by atoms with E-state index in [-0.39, 0.29) is 17.7 Å². The van der Waals surface area contributed by atoms with Crippen LogP contribution in [0.5, 0.6) is 0 Å². The minimum atomic E-state index is -0.291. The number of aryl methyl sites for hydroxylation is 2. The third-order valence-corrected chi connectivity index (χ3v) is 7.21. The fourth-order valence-electron chi connectivity index (χ4n) is 4.25. The molecule has 3 heterocycles. The second-order valence-electron chi connectivity index (χ2n) is 8.04. The number of carbonyl (C=O) groups is 1. The maximum Gasteiger partial charge on any atom is 0.253 e. The van der Waals surface area contributed by atoms with E-state index in [2.05, 4.69) is 20.4 Å². The molecule has 10 heteroatoms. The van der Waals surface area contributed by atoms with Gasteiger partial charge in [0.25, 0.3) is 5.78 Å². The molecule has 1 aliphatic rings. The molecule has 32 heavy (non-hydrogen) atoms. The third kappa shape index (κ3) is 4.59. The highest BCUT2D eigenvalue weighted by atomic mass is 35.5. The summed E-state index contributed by atoms with van der Waals surface area (Å²) in [7, 11) is 0. The van der Waals surface area contributed by atoms with E-state index in [1.54, 1.807) is 10.6 Å². The van der Waals surface area contributed by atoms with E-state index in [1.807, 2.05) is 32.2 Å². The van der Waals surface area contributed by atoms with Crippen LogP contribution < -0.4 is 5.32 Å². The molecule has 1 aliphatic heterocycles. The molecule has 1 saturated heterocycles. The smallest absolute Gasteiger partial charge is 0.253 e. The largest absolute Gasteiger partial charge is 0.381 e. The minimum Gasteiger partial charge on any atom is -0.381 e. The number of fused-ring (bicyclic) bond motifs is 1. The van der Waals surface area contributed by atoms with Crippen LogP contribution in [0, 0.1) is 13.8 Å². The van der Waals surface area contributed by atoms with Crippen molar-refractivity contribution in [3.63, 3.8) is 0 Å². The summed E-state index contributed by atoms with van der Waals surface area (Å²) in [6, 6.07) is 5.56. The van der Waals surface area contributed by atoms with Gasteiger partial charge in [-0.3, -0.25) is 4.79 Å². The monoisotopic (exact) mass is 493 g/mol. The van der Waals surface area contributed by atoms with Crippen LogP contribution in [0.25, 0.3) is 5.78 Å². The quantitative estimate of drug-likeness (QED) is 0.518. The Morgan fingerprint density at radius 1 is 1.25 bits per heavy atom. The van der Waals surface area contributed by atoms with Crippen molar-refractivity contribution >= 4 is 46.6 Å². The highest BCUT2D eigenvalue weighted by molar-refractivity contribution is 7.98. The van der Waals surface area contributed by atoms with E-state index >= 15 is 0 Å². The van der Waals surface area contributed by atoms with Crippen LogP contribution in [0.2, 0.25) is 10.0 Å². The molecule has 4 rings (SSSR count). The van der Waals surface area contributed by atoms with Crippen molar-refractivity contribution in [1.82, 2.24) is 24.9 Å². The number of rotatable bonds is 6. The number of aromatic nitrogens is 4. The Morgan fingerprint density at radius 3 is 2.69 bits per heavy atom. The zero-order chi connectivity index (χ0) is 22.9. The van der Waals surface area contributed by atoms with Crippen molar-refractivity contribution in [2.24, 2.45) is 0 Å². The van der Waals surface area contributed by atoms with Crippen molar-refractivity contribution in [1.29, 1.82) is 0 Å². The van der Waals surface area contributed by atoms with Gasteiger partial charge in [0.05, 0.1) is 6.42 Å². The number of ether oxygens (including phenoxy) is 1. The number of benzene rings is 1. The molecular weight excluding hydrogens is 469 g/mol. The van der Waals surface area contributed by atoms with Gasteiger partial charge in [0.2, 0.25) is 11.1 Å². The van der Waals surface area contributed by atoms with Gasteiger partial charge in [-0.2, -0.15) is 4.98 Å². The van der Waals surface area contributed by atoms with Gasteiger partial charge in [-0.1, -0.05) is 41.0 Å². The Labute approximate surface area is 201 Å². The second-order valence-corrected chi connectivity index (χ2v) is 9.66. The lowest BCUT2D eigenvalue weighted by molar-refractivity contribution is -0.121. The molecule has 170 valence electrons. The van der Waals surface area contributed by atoms with E-state index in [0.29, 0.717) is 40.7 Å². The maximum absolute atomic E-state index is 13.0. The predicted molar refractivity (Wildman–Crippen MR) is 127 cm³/mol. The number of hydrogen-bond acceptors (Lipinski definition) is 6. The summed E-state index contributed by atoms with van der Waals surface area (Å²) in [5.41, 5.74) is 3.22. The van der Waals surface area contributed by atoms with Crippen molar-refractivity contribution in [3.8, 4) is 0 Å². The lowest BCUT2D eigenvalue weighted by Gasteiger charge is -2.38. The number of nitrogens with zero attached hydrogens (tertiary/aromatic N) is 4. The van der Waals surface area contributed by atoms with Crippen molar-refractivity contribution in [2.45, 2.75) is 43.7 Å². The second kappa shape index (κ2) is 9.55. The lowest BCUT2D eigenvalue weighted by Crippen LogP contribution is -2.45. The first kappa shape index (κ1) is 23.3. The van der Waals surface area contributed by atoms with Crippen molar-refractivity contribution < 1.29 is 9.53 Å². The molecular formula is C22H25Cl2N5O2S. The molecule has 3 aromatic rings. The molecule has 0 aliphatic carbocycles. The summed E-state index contributed by atoms with van der Waals surface area (Å²) in [6.45, 7) is 5.56. The zero-order valence-corrected chi connectivity index (χ0v) is 20.6. The van der Waals surface area contributed by atoms with Gasteiger partial charge in [0.15, 0.2) is 0 Å². The highest BCUT2D eigenvalue weighted by Gasteiger charge is 2.36. The van der Waals surface area contributed by atoms with Crippen molar-refractivity contribution in [3.05, 3.63) is 50.8 Å². The van der Waals surface area contributed by atoms with Crippen LogP contribution in [0.4, 0.5) is 0 Å². The molecule has 1 N–H and O–H groups in total. The van der Waals surface area contributed by atoms with Crippen LogP contribution in [-0.4, -0.2) is 51.5 Å². The number of halogens is 2.